The molecule has 0 bridgehead atoms. The number of amides is 1. The second kappa shape index (κ2) is 8.30. The summed E-state index contributed by atoms with van der Waals surface area (Å²) in [7, 11) is 0. The zero-order valence-electron chi connectivity index (χ0n) is 11.1. The Morgan fingerprint density at radius 3 is 2.43 bits per heavy atom. The molecule has 1 saturated heterocycles. The number of piperidine rings is 1. The highest BCUT2D eigenvalue weighted by Gasteiger charge is 2.25. The predicted molar refractivity (Wildman–Crippen MR) is 68.4 cm³/mol. The van der Waals surface area contributed by atoms with Gasteiger partial charge in [0.05, 0.1) is 6.20 Å². The summed E-state index contributed by atoms with van der Waals surface area (Å²) in [5, 5.41) is 6.00. The number of aromatic nitrogens is 2. The summed E-state index contributed by atoms with van der Waals surface area (Å²) in [6.45, 7) is 1.83. The van der Waals surface area contributed by atoms with Crippen LogP contribution in [0.25, 0.3) is 0 Å². The molecule has 0 aromatic carbocycles. The largest absolute Gasteiger partial charge is 0.446 e. The summed E-state index contributed by atoms with van der Waals surface area (Å²) >= 11 is 0. The number of anilines is 1. The molecule has 2 rings (SSSR count). The van der Waals surface area contributed by atoms with Gasteiger partial charge in [-0.05, 0) is 25.9 Å². The Labute approximate surface area is 119 Å². The van der Waals surface area contributed by atoms with Crippen molar-refractivity contribution in [2.45, 2.75) is 19.0 Å². The number of hydrogen-bond acceptors (Lipinski definition) is 5. The third-order valence-corrected chi connectivity index (χ3v) is 2.66. The number of alkyl halides is 3. The molecule has 2 N–H and O–H groups in total. The first-order valence-corrected chi connectivity index (χ1v) is 6.23. The fraction of sp³-hybridized carbons (Fsp3) is 0.500. The van der Waals surface area contributed by atoms with E-state index in [-0.39, 0.29) is 11.8 Å². The van der Waals surface area contributed by atoms with E-state index < -0.39 is 12.5 Å². The van der Waals surface area contributed by atoms with Gasteiger partial charge in [-0.1, -0.05) is 0 Å². The molecule has 1 fully saturated rings. The van der Waals surface area contributed by atoms with E-state index in [4.69, 9.17) is 4.79 Å². The molecule has 0 saturated carbocycles. The smallest absolute Gasteiger partial charge is 0.317 e. The highest BCUT2D eigenvalue weighted by Crippen LogP contribution is 2.13. The van der Waals surface area contributed by atoms with Crippen molar-refractivity contribution >= 4 is 18.0 Å². The lowest BCUT2D eigenvalue weighted by Gasteiger charge is -2.21. The van der Waals surface area contributed by atoms with E-state index in [2.05, 4.69) is 20.6 Å². The molecule has 1 aromatic rings. The molecule has 0 unspecified atom stereocenters. The van der Waals surface area contributed by atoms with Crippen molar-refractivity contribution in [2.24, 2.45) is 5.92 Å². The summed E-state index contributed by atoms with van der Waals surface area (Å²) in [6, 6.07) is 0. The van der Waals surface area contributed by atoms with Crippen LogP contribution in [0.2, 0.25) is 0 Å². The Bertz CT molecular complexity index is 448. The molecule has 1 aliphatic heterocycles. The van der Waals surface area contributed by atoms with Gasteiger partial charge in [-0.15, -0.1) is 0 Å². The molecule has 1 aromatic heterocycles. The summed E-state index contributed by atoms with van der Waals surface area (Å²) in [4.78, 5) is 28.4. The average molecular weight is 304 g/mol. The summed E-state index contributed by atoms with van der Waals surface area (Å²) in [5.41, 5.74) is 0. The van der Waals surface area contributed by atoms with Gasteiger partial charge in [-0.3, -0.25) is 14.6 Å². The van der Waals surface area contributed by atoms with Crippen LogP contribution in [0.3, 0.4) is 0 Å². The van der Waals surface area contributed by atoms with Crippen molar-refractivity contribution in [2.75, 3.05) is 18.4 Å². The van der Waals surface area contributed by atoms with Crippen LogP contribution in [0.1, 0.15) is 12.8 Å². The van der Waals surface area contributed by atoms with Crippen molar-refractivity contribution in [1.29, 1.82) is 0 Å². The van der Waals surface area contributed by atoms with Gasteiger partial charge in [-0.25, -0.2) is 4.98 Å². The Morgan fingerprint density at radius 2 is 1.95 bits per heavy atom. The topological polar surface area (TPSA) is 84.0 Å². The van der Waals surface area contributed by atoms with Crippen LogP contribution in [0, 0.1) is 5.92 Å². The predicted octanol–water partition coefficient (Wildman–Crippen LogP) is 1.16. The van der Waals surface area contributed by atoms with E-state index in [0.717, 1.165) is 25.9 Å². The number of nitrogens with one attached hydrogen (secondary N) is 2. The van der Waals surface area contributed by atoms with Gasteiger partial charge in [0, 0.05) is 18.3 Å². The van der Waals surface area contributed by atoms with Gasteiger partial charge < -0.3 is 10.6 Å². The minimum atomic E-state index is -4.64. The molecular formula is C12H15F3N4O2. The number of carbonyl (C=O) groups excluding carboxylic acids is 2. The normalized spacial score (nSPS) is 15.6. The van der Waals surface area contributed by atoms with Crippen molar-refractivity contribution in [3.05, 3.63) is 18.6 Å². The quantitative estimate of drug-likeness (QED) is 0.801. The van der Waals surface area contributed by atoms with Gasteiger partial charge in [0.15, 0.2) is 5.82 Å². The maximum absolute atomic E-state index is 11.8. The Kier molecular flexibility index (Phi) is 6.73. The molecule has 2 heterocycles. The minimum absolute atomic E-state index is 0.0528. The third kappa shape index (κ3) is 7.35. The number of nitrogens with zero attached hydrogens (tertiary/aromatic N) is 2. The maximum atomic E-state index is 11.8. The van der Waals surface area contributed by atoms with E-state index in [1.165, 1.54) is 0 Å². The van der Waals surface area contributed by atoms with E-state index in [1.54, 1.807) is 18.6 Å². The highest BCUT2D eigenvalue weighted by atomic mass is 19.4. The zero-order chi connectivity index (χ0) is 15.7. The van der Waals surface area contributed by atoms with Gasteiger partial charge in [0.25, 0.3) is 0 Å². The summed E-state index contributed by atoms with van der Waals surface area (Å²) in [6.07, 6.45) is 0.794. The van der Waals surface area contributed by atoms with Gasteiger partial charge in [-0.2, -0.15) is 13.2 Å². The van der Waals surface area contributed by atoms with E-state index in [1.807, 2.05) is 0 Å². The molecule has 9 heteroatoms. The molecule has 116 valence electrons. The Morgan fingerprint density at radius 1 is 1.33 bits per heavy atom. The summed E-state index contributed by atoms with van der Waals surface area (Å²) < 4.78 is 31.2. The minimum Gasteiger partial charge on any atom is -0.317 e. The van der Waals surface area contributed by atoms with Gasteiger partial charge in [0.1, 0.15) is 0 Å². The first kappa shape index (κ1) is 17.0. The van der Waals surface area contributed by atoms with Crippen molar-refractivity contribution in [3.63, 3.8) is 0 Å². The maximum Gasteiger partial charge on any atom is 0.446 e. The Hall–Kier alpha value is -2.03. The Balaban J connectivity index is 0.000000315. The van der Waals surface area contributed by atoms with Gasteiger partial charge in [0.2, 0.25) is 12.2 Å². The first-order chi connectivity index (χ1) is 9.92. The van der Waals surface area contributed by atoms with E-state index in [0.29, 0.717) is 5.82 Å². The monoisotopic (exact) mass is 304 g/mol. The van der Waals surface area contributed by atoms with Gasteiger partial charge >= 0.3 is 6.18 Å². The lowest BCUT2D eigenvalue weighted by atomic mass is 9.97. The molecule has 0 aliphatic carbocycles. The average Bonchev–Trinajstić information content (AvgIpc) is 2.49. The summed E-state index contributed by atoms with van der Waals surface area (Å²) in [5.74, 6) is 0.686. The van der Waals surface area contributed by atoms with Crippen LogP contribution in [0.4, 0.5) is 19.0 Å². The van der Waals surface area contributed by atoms with Crippen LogP contribution in [0.5, 0.6) is 0 Å². The second-order valence-electron chi connectivity index (χ2n) is 4.26. The molecule has 1 amide bonds. The van der Waals surface area contributed by atoms with Crippen LogP contribution >= 0.6 is 0 Å². The molecule has 6 nitrogen and oxygen atoms in total. The molecule has 0 spiro atoms. The van der Waals surface area contributed by atoms with Crippen LogP contribution in [0.15, 0.2) is 18.6 Å². The third-order valence-electron chi connectivity index (χ3n) is 2.66. The molecular weight excluding hydrogens is 289 g/mol. The lowest BCUT2D eigenvalue weighted by molar-refractivity contribution is -0.156. The van der Waals surface area contributed by atoms with E-state index in [9.17, 15) is 18.0 Å². The highest BCUT2D eigenvalue weighted by molar-refractivity contribution is 5.91. The number of hydrogen-bond donors (Lipinski definition) is 2. The zero-order valence-corrected chi connectivity index (χ0v) is 11.1. The standard InChI is InChI=1S/C10H14N4O.C2HF3O/c15-10(8-1-3-11-4-2-8)14-9-7-12-5-6-13-9;3-2(4,5)1-6/h5-8,11H,1-4H2,(H,13,14,15);1H. The first-order valence-electron chi connectivity index (χ1n) is 6.23. The van der Waals surface area contributed by atoms with Crippen molar-refractivity contribution in [1.82, 2.24) is 15.3 Å². The fourth-order valence-electron chi connectivity index (χ4n) is 1.68. The molecule has 1 aliphatic rings. The molecule has 0 atom stereocenters. The van der Waals surface area contributed by atoms with Crippen molar-refractivity contribution < 1.29 is 22.8 Å². The molecule has 21 heavy (non-hydrogen) atoms. The fourth-order valence-corrected chi connectivity index (χ4v) is 1.68. The number of rotatable bonds is 2. The SMILES string of the molecule is O=C(Nc1cnccn1)C1CCNCC1.O=CC(F)(F)F. The second-order valence-corrected chi connectivity index (χ2v) is 4.26. The number of aldehydes is 1. The molecule has 0 radical (unpaired) electrons. The number of halogens is 3. The van der Waals surface area contributed by atoms with Crippen LogP contribution in [-0.2, 0) is 9.59 Å². The van der Waals surface area contributed by atoms with E-state index >= 15 is 0 Å². The van der Waals surface area contributed by atoms with Crippen molar-refractivity contribution in [3.8, 4) is 0 Å². The van der Waals surface area contributed by atoms with Crippen LogP contribution in [-0.4, -0.2) is 41.4 Å². The number of carbonyl (C=O) groups is 2. The lowest BCUT2D eigenvalue weighted by Crippen LogP contribution is -2.34. The van der Waals surface area contributed by atoms with Crippen LogP contribution < -0.4 is 10.6 Å².